The first-order valence-corrected chi connectivity index (χ1v) is 12.7. The van der Waals surface area contributed by atoms with E-state index < -0.39 is 28.0 Å². The molecule has 0 unspecified atom stereocenters. The van der Waals surface area contributed by atoms with E-state index in [0.29, 0.717) is 0 Å². The molecule has 9 nitrogen and oxygen atoms in total. The minimum atomic E-state index is -4.23. The summed E-state index contributed by atoms with van der Waals surface area (Å²) in [7, 11) is -2.95. The number of carbonyl (C=O) groups excluding carboxylic acids is 3. The summed E-state index contributed by atoms with van der Waals surface area (Å²) in [6.45, 7) is 3.67. The van der Waals surface area contributed by atoms with E-state index in [0.717, 1.165) is 16.0 Å². The van der Waals surface area contributed by atoms with Crippen LogP contribution in [0.25, 0.3) is 6.08 Å². The van der Waals surface area contributed by atoms with Crippen LogP contribution in [-0.2, 0) is 19.7 Å². The molecule has 0 aliphatic carbocycles. The number of nitrogens with one attached hydrogen (secondary N) is 1. The summed E-state index contributed by atoms with van der Waals surface area (Å²) in [6, 6.07) is 14.5. The number of hydrogen-bond donors (Lipinski definition) is 1. The average molecular weight is 541 g/mol. The smallest absolute Gasteiger partial charge is 0.339 e. The fourth-order valence-corrected chi connectivity index (χ4v) is 4.78. The molecule has 3 aromatic rings. The maximum atomic E-state index is 13.1. The first-order valence-electron chi connectivity index (χ1n) is 10.9. The molecular formula is C26H21ClN2O7S. The highest BCUT2D eigenvalue weighted by molar-refractivity contribution is 7.87. The van der Waals surface area contributed by atoms with E-state index in [2.05, 4.69) is 5.32 Å². The summed E-state index contributed by atoms with van der Waals surface area (Å²) in [5, 5.41) is 2.00. The minimum absolute atomic E-state index is 0.0508. The Morgan fingerprint density at radius 1 is 0.919 bits per heavy atom. The van der Waals surface area contributed by atoms with Gasteiger partial charge in [0.25, 0.3) is 11.8 Å². The number of aryl methyl sites for hydroxylation is 2. The number of anilines is 1. The van der Waals surface area contributed by atoms with Crippen LogP contribution in [0.3, 0.4) is 0 Å². The third kappa shape index (κ3) is 5.35. The van der Waals surface area contributed by atoms with Crippen LogP contribution in [0.2, 0.25) is 5.02 Å². The molecule has 0 bridgehead atoms. The molecule has 0 spiro atoms. The van der Waals surface area contributed by atoms with Gasteiger partial charge >= 0.3 is 16.1 Å². The van der Waals surface area contributed by atoms with Crippen molar-refractivity contribution in [2.45, 2.75) is 18.7 Å². The molecule has 1 heterocycles. The number of amides is 4. The lowest BCUT2D eigenvalue weighted by atomic mass is 10.1. The van der Waals surface area contributed by atoms with E-state index in [1.807, 2.05) is 13.8 Å². The molecule has 37 heavy (non-hydrogen) atoms. The van der Waals surface area contributed by atoms with Crippen LogP contribution in [0, 0.1) is 13.8 Å². The molecule has 3 aromatic carbocycles. The van der Waals surface area contributed by atoms with Gasteiger partial charge in [0.05, 0.1) is 17.8 Å². The summed E-state index contributed by atoms with van der Waals surface area (Å²) >= 11 is 6.34. The zero-order valence-electron chi connectivity index (χ0n) is 19.9. The summed E-state index contributed by atoms with van der Waals surface area (Å²) in [6.07, 6.45) is 1.22. The van der Waals surface area contributed by atoms with Gasteiger partial charge in [0.2, 0.25) is 5.75 Å². The second kappa shape index (κ2) is 10.1. The van der Waals surface area contributed by atoms with Gasteiger partial charge < -0.3 is 8.92 Å². The van der Waals surface area contributed by atoms with Crippen molar-refractivity contribution in [3.8, 4) is 11.5 Å². The lowest BCUT2D eigenvalue weighted by Crippen LogP contribution is -2.54. The second-order valence-corrected chi connectivity index (χ2v) is 10.1. The number of methoxy groups -OCH3 is 1. The Kier molecular flexibility index (Phi) is 7.06. The maximum Gasteiger partial charge on any atom is 0.339 e. The van der Waals surface area contributed by atoms with Crippen LogP contribution >= 0.6 is 11.6 Å². The number of halogens is 1. The minimum Gasteiger partial charge on any atom is -0.493 e. The van der Waals surface area contributed by atoms with Gasteiger partial charge in [-0.05, 0) is 61.9 Å². The fourth-order valence-electron chi connectivity index (χ4n) is 3.52. The van der Waals surface area contributed by atoms with Crippen LogP contribution in [-0.4, -0.2) is 33.4 Å². The standard InChI is InChI=1S/C26H21ClN2O7S/c1-15-4-8-18(9-5-15)29-25(31)20(24(30)28-26(29)32)12-17-13-21(27)23(22(14-17)35-3)36-37(33,34)19-10-6-16(2)7-11-19/h4-14H,1-3H3,(H,28,30,32)/b20-12+. The molecule has 0 saturated carbocycles. The first-order chi connectivity index (χ1) is 17.5. The summed E-state index contributed by atoms with van der Waals surface area (Å²) < 4.78 is 36.1. The number of hydrogen-bond acceptors (Lipinski definition) is 7. The Bertz CT molecular complexity index is 1550. The number of urea groups is 1. The quantitative estimate of drug-likeness (QED) is 0.279. The second-order valence-electron chi connectivity index (χ2n) is 8.18. The third-order valence-electron chi connectivity index (χ3n) is 5.46. The summed E-state index contributed by atoms with van der Waals surface area (Å²) in [5.41, 5.74) is 1.98. The van der Waals surface area contributed by atoms with Crippen molar-refractivity contribution in [2.24, 2.45) is 0 Å². The molecule has 1 saturated heterocycles. The Balaban J connectivity index is 1.69. The summed E-state index contributed by atoms with van der Waals surface area (Å²) in [4.78, 5) is 38.8. The van der Waals surface area contributed by atoms with Gasteiger partial charge in [-0.25, -0.2) is 9.69 Å². The molecule has 4 amide bonds. The molecule has 1 aliphatic heterocycles. The van der Waals surface area contributed by atoms with Gasteiger partial charge in [0, 0.05) is 0 Å². The normalized spacial score (nSPS) is 15.1. The summed E-state index contributed by atoms with van der Waals surface area (Å²) in [5.74, 6) is -2.04. The van der Waals surface area contributed by atoms with Crippen LogP contribution in [0.15, 0.2) is 71.1 Å². The topological polar surface area (TPSA) is 119 Å². The van der Waals surface area contributed by atoms with Gasteiger partial charge in [0.1, 0.15) is 10.5 Å². The maximum absolute atomic E-state index is 13.1. The largest absolute Gasteiger partial charge is 0.493 e. The Morgan fingerprint density at radius 2 is 1.51 bits per heavy atom. The van der Waals surface area contributed by atoms with Gasteiger partial charge in [-0.15, -0.1) is 0 Å². The van der Waals surface area contributed by atoms with Crippen molar-refractivity contribution < 1.29 is 31.7 Å². The molecular weight excluding hydrogens is 520 g/mol. The highest BCUT2D eigenvalue weighted by Gasteiger charge is 2.37. The molecule has 11 heteroatoms. The number of carbonyl (C=O) groups is 3. The van der Waals surface area contributed by atoms with Gasteiger partial charge in [-0.3, -0.25) is 14.9 Å². The first kappa shape index (κ1) is 25.9. The highest BCUT2D eigenvalue weighted by atomic mass is 35.5. The Labute approximate surface area is 218 Å². The highest BCUT2D eigenvalue weighted by Crippen LogP contribution is 2.39. The number of imide groups is 2. The van der Waals surface area contributed by atoms with Crippen molar-refractivity contribution in [3.05, 3.63) is 87.9 Å². The van der Waals surface area contributed by atoms with Crippen molar-refractivity contribution in [1.29, 1.82) is 0 Å². The average Bonchev–Trinajstić information content (AvgIpc) is 2.84. The van der Waals surface area contributed by atoms with E-state index in [9.17, 15) is 22.8 Å². The number of ether oxygens (including phenoxy) is 1. The van der Waals surface area contributed by atoms with Crippen LogP contribution in [0.5, 0.6) is 11.5 Å². The molecule has 1 aliphatic rings. The van der Waals surface area contributed by atoms with Crippen molar-refractivity contribution in [1.82, 2.24) is 5.32 Å². The van der Waals surface area contributed by atoms with Crippen molar-refractivity contribution >= 4 is 51.3 Å². The van der Waals surface area contributed by atoms with Crippen LogP contribution in [0.4, 0.5) is 10.5 Å². The number of barbiturate groups is 1. The molecule has 0 radical (unpaired) electrons. The van der Waals surface area contributed by atoms with E-state index in [4.69, 9.17) is 20.5 Å². The number of rotatable bonds is 6. The predicted octanol–water partition coefficient (Wildman–Crippen LogP) is 4.40. The monoisotopic (exact) mass is 540 g/mol. The lowest BCUT2D eigenvalue weighted by Gasteiger charge is -2.26. The van der Waals surface area contributed by atoms with Crippen LogP contribution < -0.4 is 19.1 Å². The predicted molar refractivity (Wildman–Crippen MR) is 137 cm³/mol. The van der Waals surface area contributed by atoms with E-state index in [-0.39, 0.29) is 38.2 Å². The Morgan fingerprint density at radius 3 is 2.11 bits per heavy atom. The van der Waals surface area contributed by atoms with E-state index in [1.165, 1.54) is 37.5 Å². The van der Waals surface area contributed by atoms with Gasteiger partial charge in [-0.1, -0.05) is 47.0 Å². The van der Waals surface area contributed by atoms with Gasteiger partial charge in [0.15, 0.2) is 5.75 Å². The lowest BCUT2D eigenvalue weighted by molar-refractivity contribution is -0.122. The SMILES string of the molecule is COc1cc(/C=C2\C(=O)NC(=O)N(c3ccc(C)cc3)C2=O)cc(Cl)c1OS(=O)(=O)c1ccc(C)cc1. The van der Waals surface area contributed by atoms with Crippen LogP contribution in [0.1, 0.15) is 16.7 Å². The fraction of sp³-hybridized carbons (Fsp3) is 0.115. The number of benzene rings is 3. The molecule has 190 valence electrons. The zero-order valence-corrected chi connectivity index (χ0v) is 21.5. The van der Waals surface area contributed by atoms with Crippen molar-refractivity contribution in [3.63, 3.8) is 0 Å². The Hall–Kier alpha value is -4.15. The molecule has 1 N–H and O–H groups in total. The third-order valence-corrected chi connectivity index (χ3v) is 6.98. The van der Waals surface area contributed by atoms with Gasteiger partial charge in [-0.2, -0.15) is 8.42 Å². The molecule has 4 rings (SSSR count). The molecule has 0 atom stereocenters. The van der Waals surface area contributed by atoms with Crippen molar-refractivity contribution in [2.75, 3.05) is 12.0 Å². The molecule has 0 aromatic heterocycles. The van der Waals surface area contributed by atoms with E-state index in [1.54, 1.807) is 36.4 Å². The van der Waals surface area contributed by atoms with E-state index >= 15 is 0 Å². The number of nitrogens with zero attached hydrogens (tertiary/aromatic N) is 1. The zero-order chi connectivity index (χ0) is 26.9. The molecule has 1 fully saturated rings.